The normalized spacial score (nSPS) is 21.6. The SMILES string of the molecule is CCOc1nn(CCO)c2c1/C=C/c1n[nH]c3c1C=C(NC3C)c1c(COC)nn(C)c1O[C@H](C)[C@@H](C)N(CC)C2. The fraction of sp³-hybridized carbons (Fsp3) is 0.552. The Labute approximate surface area is 241 Å². The lowest BCUT2D eigenvalue weighted by Crippen LogP contribution is -2.43. The molecule has 0 amide bonds. The minimum atomic E-state index is -0.175. The molecule has 3 aromatic heterocycles. The number of aliphatic hydroxyl groups excluding tert-OH is 1. The Bertz CT molecular complexity index is 1430. The van der Waals surface area contributed by atoms with Crippen LogP contribution in [0.3, 0.4) is 0 Å². The zero-order valence-electron chi connectivity index (χ0n) is 25.1. The summed E-state index contributed by atoms with van der Waals surface area (Å²) in [5, 5.41) is 30.9. The molecule has 0 saturated heterocycles. The average Bonchev–Trinajstić information content (AvgIpc) is 3.59. The highest BCUT2D eigenvalue weighted by Crippen LogP contribution is 2.38. The van der Waals surface area contributed by atoms with E-state index in [0.29, 0.717) is 38.1 Å². The van der Waals surface area contributed by atoms with Gasteiger partial charge in [-0.3, -0.25) is 14.7 Å². The first-order valence-electron chi connectivity index (χ1n) is 14.3. The van der Waals surface area contributed by atoms with Gasteiger partial charge in [0.1, 0.15) is 11.8 Å². The topological polar surface area (TPSA) is 128 Å². The molecule has 12 nitrogen and oxygen atoms in total. The molecule has 0 saturated carbocycles. The van der Waals surface area contributed by atoms with E-state index >= 15 is 0 Å². The van der Waals surface area contributed by atoms with Gasteiger partial charge in [-0.1, -0.05) is 6.92 Å². The molecule has 1 unspecified atom stereocenters. The van der Waals surface area contributed by atoms with Crippen molar-refractivity contribution in [1.29, 1.82) is 0 Å². The lowest BCUT2D eigenvalue weighted by molar-refractivity contribution is 0.0773. The number of fused-ring (bicyclic) bond motifs is 3. The van der Waals surface area contributed by atoms with Crippen molar-refractivity contribution < 1.29 is 19.3 Å². The maximum absolute atomic E-state index is 9.84. The molecule has 0 aliphatic carbocycles. The lowest BCUT2D eigenvalue weighted by Gasteiger charge is -2.33. The number of aromatic amines is 1. The van der Waals surface area contributed by atoms with Gasteiger partial charge in [0.15, 0.2) is 0 Å². The molecule has 3 atom stereocenters. The Hall–Kier alpha value is -3.61. The van der Waals surface area contributed by atoms with Crippen LogP contribution < -0.4 is 14.8 Å². The van der Waals surface area contributed by atoms with Crippen LogP contribution in [0.1, 0.15) is 80.1 Å². The highest BCUT2D eigenvalue weighted by atomic mass is 16.5. The van der Waals surface area contributed by atoms with Gasteiger partial charge in [0.25, 0.3) is 0 Å². The summed E-state index contributed by atoms with van der Waals surface area (Å²) in [6.45, 7) is 13.0. The van der Waals surface area contributed by atoms with Gasteiger partial charge in [0.05, 0.1) is 66.3 Å². The van der Waals surface area contributed by atoms with E-state index in [0.717, 1.165) is 51.7 Å². The predicted octanol–water partition coefficient (Wildman–Crippen LogP) is 3.20. The first-order chi connectivity index (χ1) is 19.8. The van der Waals surface area contributed by atoms with E-state index in [9.17, 15) is 5.11 Å². The molecule has 5 heterocycles. The number of nitrogens with zero attached hydrogens (tertiary/aromatic N) is 6. The van der Waals surface area contributed by atoms with Gasteiger partial charge in [-0.05, 0) is 52.5 Å². The summed E-state index contributed by atoms with van der Waals surface area (Å²) in [5.41, 5.74) is 7.24. The van der Waals surface area contributed by atoms with Crippen LogP contribution in [-0.4, -0.2) is 78.8 Å². The van der Waals surface area contributed by atoms with Gasteiger partial charge < -0.3 is 24.6 Å². The third-order valence-corrected chi connectivity index (χ3v) is 7.95. The second-order valence-electron chi connectivity index (χ2n) is 10.5. The standard InChI is InChI=1S/C29H42N8O4/c1-8-36-15-25-20(28(40-9-2)34-37(25)12-13-38)10-11-22-21-14-23(30-17(3)27(21)32-31-22)26-24(16-39-7)33-35(6)29(26)41-19(5)18(36)4/h10-11,14,17-19,30,38H,8-9,12-13,15-16H2,1-7H3,(H,31,32)/b11-10+/t17?,18-,19-/m1/s1. The van der Waals surface area contributed by atoms with Crippen LogP contribution in [0.4, 0.5) is 0 Å². The highest BCUT2D eigenvalue weighted by Gasteiger charge is 2.31. The maximum atomic E-state index is 9.84. The fourth-order valence-corrected chi connectivity index (χ4v) is 5.64. The predicted molar refractivity (Wildman–Crippen MR) is 157 cm³/mol. The molecule has 41 heavy (non-hydrogen) atoms. The van der Waals surface area contributed by atoms with Crippen LogP contribution in [0.5, 0.6) is 11.8 Å². The van der Waals surface area contributed by atoms with E-state index in [-0.39, 0.29) is 24.8 Å². The molecule has 0 aromatic carbocycles. The number of methoxy groups -OCH3 is 1. The molecular formula is C29H42N8O4. The van der Waals surface area contributed by atoms with Crippen molar-refractivity contribution in [3.63, 3.8) is 0 Å². The minimum absolute atomic E-state index is 0.0208. The van der Waals surface area contributed by atoms with Gasteiger partial charge >= 0.3 is 0 Å². The van der Waals surface area contributed by atoms with Crippen LogP contribution in [0.25, 0.3) is 23.9 Å². The number of aryl methyl sites for hydroxylation is 1. The summed E-state index contributed by atoms with van der Waals surface area (Å²) < 4.78 is 21.9. The van der Waals surface area contributed by atoms with Gasteiger partial charge in [-0.15, -0.1) is 5.10 Å². The Morgan fingerprint density at radius 1 is 1.15 bits per heavy atom. The van der Waals surface area contributed by atoms with Gasteiger partial charge in [-0.2, -0.15) is 10.2 Å². The summed E-state index contributed by atoms with van der Waals surface area (Å²) >= 11 is 0. The molecule has 12 heteroatoms. The van der Waals surface area contributed by atoms with Crippen molar-refractivity contribution in [2.75, 3.05) is 26.9 Å². The summed E-state index contributed by atoms with van der Waals surface area (Å²) in [7, 11) is 3.58. The molecular weight excluding hydrogens is 524 g/mol. The van der Waals surface area contributed by atoms with Crippen molar-refractivity contribution >= 4 is 23.9 Å². The van der Waals surface area contributed by atoms with Gasteiger partial charge in [0, 0.05) is 32.3 Å². The van der Waals surface area contributed by atoms with E-state index in [1.807, 2.05) is 30.8 Å². The number of hydrogen-bond acceptors (Lipinski definition) is 9. The molecule has 3 N–H and O–H groups in total. The summed E-state index contributed by atoms with van der Waals surface area (Å²) in [6.07, 6.45) is 5.97. The van der Waals surface area contributed by atoms with Crippen LogP contribution in [0, 0.1) is 0 Å². The van der Waals surface area contributed by atoms with Crippen LogP contribution in [0.2, 0.25) is 0 Å². The van der Waals surface area contributed by atoms with Crippen molar-refractivity contribution in [2.45, 2.75) is 72.5 Å². The highest BCUT2D eigenvalue weighted by molar-refractivity contribution is 5.89. The number of likely N-dealkylation sites (N-methyl/N-ethyl adjacent to an activating group) is 1. The summed E-state index contributed by atoms with van der Waals surface area (Å²) in [6, 6.07) is 0.0191. The van der Waals surface area contributed by atoms with E-state index in [1.165, 1.54) is 0 Å². The Balaban J connectivity index is 1.73. The molecule has 0 spiro atoms. The molecule has 2 aliphatic heterocycles. The van der Waals surface area contributed by atoms with Gasteiger partial charge in [0.2, 0.25) is 11.8 Å². The lowest BCUT2D eigenvalue weighted by atomic mass is 9.98. The van der Waals surface area contributed by atoms with Crippen molar-refractivity contribution in [3.05, 3.63) is 39.5 Å². The van der Waals surface area contributed by atoms with E-state index in [4.69, 9.17) is 24.4 Å². The largest absolute Gasteiger partial charge is 0.476 e. The molecule has 2 aliphatic rings. The number of H-pyrrole nitrogens is 1. The van der Waals surface area contributed by atoms with E-state index in [2.05, 4.69) is 54.2 Å². The van der Waals surface area contributed by atoms with Crippen molar-refractivity contribution in [3.8, 4) is 11.8 Å². The van der Waals surface area contributed by atoms with E-state index in [1.54, 1.807) is 11.8 Å². The fourth-order valence-electron chi connectivity index (χ4n) is 5.64. The third kappa shape index (κ3) is 5.39. The van der Waals surface area contributed by atoms with Gasteiger partial charge in [-0.25, -0.2) is 4.68 Å². The number of rotatable bonds is 7. The zero-order valence-corrected chi connectivity index (χ0v) is 25.1. The van der Waals surface area contributed by atoms with Crippen LogP contribution in [-0.2, 0) is 31.5 Å². The molecule has 3 aromatic rings. The molecule has 5 rings (SSSR count). The Morgan fingerprint density at radius 3 is 2.66 bits per heavy atom. The summed E-state index contributed by atoms with van der Waals surface area (Å²) in [5.74, 6) is 1.23. The number of aliphatic hydroxyl groups is 1. The molecule has 0 fully saturated rings. The van der Waals surface area contributed by atoms with Crippen LogP contribution >= 0.6 is 0 Å². The molecule has 222 valence electrons. The first kappa shape index (κ1) is 28.9. The second-order valence-corrected chi connectivity index (χ2v) is 10.5. The number of nitrogens with one attached hydrogen (secondary N) is 2. The second kappa shape index (κ2) is 12.1. The minimum Gasteiger partial charge on any atom is -0.476 e. The Morgan fingerprint density at radius 2 is 1.95 bits per heavy atom. The van der Waals surface area contributed by atoms with Crippen LogP contribution in [0.15, 0.2) is 0 Å². The summed E-state index contributed by atoms with van der Waals surface area (Å²) in [4.78, 5) is 2.35. The third-order valence-electron chi connectivity index (χ3n) is 7.95. The Kier molecular flexibility index (Phi) is 8.52. The monoisotopic (exact) mass is 566 g/mol. The average molecular weight is 567 g/mol. The van der Waals surface area contributed by atoms with E-state index < -0.39 is 0 Å². The molecule has 0 radical (unpaired) electrons. The first-order valence-corrected chi connectivity index (χ1v) is 14.3. The molecule has 2 bridgehead atoms. The smallest absolute Gasteiger partial charge is 0.240 e. The zero-order chi connectivity index (χ0) is 29.3. The van der Waals surface area contributed by atoms with Crippen molar-refractivity contribution in [2.24, 2.45) is 7.05 Å². The number of hydrogen-bond donors (Lipinski definition) is 3. The number of ether oxygens (including phenoxy) is 3. The number of aromatic nitrogens is 6. The van der Waals surface area contributed by atoms with Crippen molar-refractivity contribution in [1.82, 2.24) is 40.0 Å². The maximum Gasteiger partial charge on any atom is 0.240 e. The quantitative estimate of drug-likeness (QED) is 0.395.